The molecule has 0 radical (unpaired) electrons. The number of rotatable bonds is 7. The maximum absolute atomic E-state index is 12.9. The highest BCUT2D eigenvalue weighted by molar-refractivity contribution is 7.92. The van der Waals surface area contributed by atoms with Crippen LogP contribution in [0.3, 0.4) is 0 Å². The molecule has 0 bridgehead atoms. The highest BCUT2D eigenvalue weighted by Crippen LogP contribution is 2.28. The molecule has 1 aromatic rings. The molecule has 1 aromatic heterocycles. The summed E-state index contributed by atoms with van der Waals surface area (Å²) in [6.07, 6.45) is 0.794. The number of likely N-dealkylation sites (tertiary alicyclic amines) is 1. The minimum Gasteiger partial charge on any atom is -0.378 e. The Balaban J connectivity index is 1.67. The van der Waals surface area contributed by atoms with E-state index in [1.807, 2.05) is 6.92 Å². The van der Waals surface area contributed by atoms with Gasteiger partial charge in [-0.05, 0) is 37.5 Å². The molecule has 166 valence electrons. The van der Waals surface area contributed by atoms with Crippen molar-refractivity contribution in [2.24, 2.45) is 0 Å². The first-order valence-corrected chi connectivity index (χ1v) is 12.6. The van der Waals surface area contributed by atoms with Crippen LogP contribution in [0.2, 0.25) is 4.34 Å². The molecule has 2 aliphatic rings. The first-order valence-electron chi connectivity index (χ1n) is 9.85. The first kappa shape index (κ1) is 23.2. The van der Waals surface area contributed by atoms with Gasteiger partial charge in [-0.15, -0.1) is 11.3 Å². The van der Waals surface area contributed by atoms with Crippen LogP contribution in [0, 0.1) is 0 Å². The van der Waals surface area contributed by atoms with Gasteiger partial charge in [0, 0.05) is 24.5 Å². The van der Waals surface area contributed by atoms with E-state index in [0.717, 1.165) is 10.3 Å². The van der Waals surface area contributed by atoms with Gasteiger partial charge >= 0.3 is 0 Å². The average molecular weight is 476 g/mol. The molecule has 0 unspecified atom stereocenters. The van der Waals surface area contributed by atoms with Gasteiger partial charge in [-0.1, -0.05) is 18.5 Å². The van der Waals surface area contributed by atoms with E-state index < -0.39 is 22.1 Å². The van der Waals surface area contributed by atoms with Gasteiger partial charge in [-0.2, -0.15) is 4.72 Å². The summed E-state index contributed by atoms with van der Waals surface area (Å²) < 4.78 is 33.5. The van der Waals surface area contributed by atoms with Crippen molar-refractivity contribution >= 4 is 50.3 Å². The molecule has 2 saturated heterocycles. The standard InChI is InChI=1S/C19H26ClN3O5S2/c1-3-15(19(25)22-8-10-28-11-9-22)23-7-6-14(18(23)24)21-30(26,27)12-13(2)16-4-5-17(20)29-16/h4-5,12,14-15,21H,3,6-11H2,1-2H3/b13-12+/t14-,15-/m0/s1. The molecule has 2 atom stereocenters. The van der Waals surface area contributed by atoms with Crippen LogP contribution >= 0.6 is 22.9 Å². The van der Waals surface area contributed by atoms with Crippen LogP contribution in [0.1, 0.15) is 31.6 Å². The van der Waals surface area contributed by atoms with Crippen molar-refractivity contribution < 1.29 is 22.7 Å². The Morgan fingerprint density at radius 1 is 1.37 bits per heavy atom. The zero-order valence-corrected chi connectivity index (χ0v) is 19.4. The summed E-state index contributed by atoms with van der Waals surface area (Å²) in [5.41, 5.74) is 0.538. The molecule has 0 aromatic carbocycles. The lowest BCUT2D eigenvalue weighted by Gasteiger charge is -2.34. The number of sulfonamides is 1. The van der Waals surface area contributed by atoms with Crippen LogP contribution in [-0.2, 0) is 24.3 Å². The Bertz CT molecular complexity index is 924. The molecule has 3 rings (SSSR count). The predicted octanol–water partition coefficient (Wildman–Crippen LogP) is 1.92. The van der Waals surface area contributed by atoms with Crippen molar-refractivity contribution in [2.75, 3.05) is 32.8 Å². The average Bonchev–Trinajstić information content (AvgIpc) is 3.29. The summed E-state index contributed by atoms with van der Waals surface area (Å²) in [6.45, 7) is 5.85. The number of carbonyl (C=O) groups is 2. The summed E-state index contributed by atoms with van der Waals surface area (Å²) in [7, 11) is -3.84. The molecule has 2 amide bonds. The molecular formula is C19H26ClN3O5S2. The van der Waals surface area contributed by atoms with Crippen molar-refractivity contribution in [1.82, 2.24) is 14.5 Å². The first-order chi connectivity index (χ1) is 14.2. The summed E-state index contributed by atoms with van der Waals surface area (Å²) in [5, 5.41) is 1.11. The number of hydrogen-bond donors (Lipinski definition) is 1. The molecule has 2 fully saturated rings. The molecule has 0 spiro atoms. The molecule has 30 heavy (non-hydrogen) atoms. The maximum Gasteiger partial charge on any atom is 0.245 e. The van der Waals surface area contributed by atoms with E-state index in [1.165, 1.54) is 16.2 Å². The Labute approximate surface area is 185 Å². The van der Waals surface area contributed by atoms with E-state index in [4.69, 9.17) is 16.3 Å². The van der Waals surface area contributed by atoms with Crippen LogP contribution in [0.5, 0.6) is 0 Å². The molecule has 0 aliphatic carbocycles. The van der Waals surface area contributed by atoms with Gasteiger partial charge in [-0.25, -0.2) is 8.42 Å². The highest BCUT2D eigenvalue weighted by atomic mass is 35.5. The van der Waals surface area contributed by atoms with Crippen LogP contribution in [-0.4, -0.2) is 75.0 Å². The van der Waals surface area contributed by atoms with Crippen molar-refractivity contribution in [1.29, 1.82) is 0 Å². The number of carbonyl (C=O) groups excluding carboxylic acids is 2. The fourth-order valence-electron chi connectivity index (χ4n) is 3.69. The third-order valence-corrected chi connectivity index (χ3v) is 7.85. The Hall–Kier alpha value is -1.46. The Kier molecular flexibility index (Phi) is 7.56. The van der Waals surface area contributed by atoms with Gasteiger partial charge in [0.25, 0.3) is 0 Å². The second-order valence-electron chi connectivity index (χ2n) is 7.30. The largest absolute Gasteiger partial charge is 0.378 e. The van der Waals surface area contributed by atoms with E-state index in [-0.39, 0.29) is 11.8 Å². The normalized spacial score (nSPS) is 21.9. The lowest BCUT2D eigenvalue weighted by atomic mass is 10.1. The van der Waals surface area contributed by atoms with Gasteiger partial charge in [0.15, 0.2) is 0 Å². The fourth-order valence-corrected chi connectivity index (χ4v) is 6.06. The number of ether oxygens (including phenoxy) is 1. The number of thiophene rings is 1. The minimum absolute atomic E-state index is 0.108. The maximum atomic E-state index is 12.9. The summed E-state index contributed by atoms with van der Waals surface area (Å²) in [5.74, 6) is -0.472. The number of nitrogens with one attached hydrogen (secondary N) is 1. The van der Waals surface area contributed by atoms with E-state index in [0.29, 0.717) is 55.6 Å². The van der Waals surface area contributed by atoms with Gasteiger partial charge in [-0.3, -0.25) is 9.59 Å². The van der Waals surface area contributed by atoms with Crippen molar-refractivity contribution in [2.45, 2.75) is 38.8 Å². The van der Waals surface area contributed by atoms with Gasteiger partial charge < -0.3 is 14.5 Å². The zero-order chi connectivity index (χ0) is 21.9. The topological polar surface area (TPSA) is 96.0 Å². The number of hydrogen-bond acceptors (Lipinski definition) is 6. The molecule has 2 aliphatic heterocycles. The molecule has 8 nitrogen and oxygen atoms in total. The third kappa shape index (κ3) is 5.42. The lowest BCUT2D eigenvalue weighted by molar-refractivity contribution is -0.146. The third-order valence-electron chi connectivity index (χ3n) is 5.21. The van der Waals surface area contributed by atoms with Crippen molar-refractivity contribution in [3.8, 4) is 0 Å². The Morgan fingerprint density at radius 2 is 2.07 bits per heavy atom. The van der Waals surface area contributed by atoms with Gasteiger partial charge in [0.2, 0.25) is 21.8 Å². The molecular weight excluding hydrogens is 450 g/mol. The molecule has 11 heteroatoms. The van der Waals surface area contributed by atoms with Crippen molar-refractivity contribution in [3.63, 3.8) is 0 Å². The zero-order valence-electron chi connectivity index (χ0n) is 17.0. The predicted molar refractivity (Wildman–Crippen MR) is 117 cm³/mol. The van der Waals surface area contributed by atoms with E-state index in [2.05, 4.69) is 4.72 Å². The van der Waals surface area contributed by atoms with Crippen LogP contribution < -0.4 is 4.72 Å². The van der Waals surface area contributed by atoms with E-state index >= 15 is 0 Å². The molecule has 3 heterocycles. The summed E-state index contributed by atoms with van der Waals surface area (Å²) in [4.78, 5) is 29.7. The number of amides is 2. The number of allylic oxidation sites excluding steroid dienone is 1. The monoisotopic (exact) mass is 475 g/mol. The second kappa shape index (κ2) is 9.78. The molecule has 0 saturated carbocycles. The van der Waals surface area contributed by atoms with Gasteiger partial charge in [0.1, 0.15) is 12.1 Å². The SMILES string of the molecule is CC[C@@H](C(=O)N1CCOCC1)N1CC[C@H](NS(=O)(=O)/C=C(\C)c2ccc(Cl)s2)C1=O. The Morgan fingerprint density at radius 3 is 2.67 bits per heavy atom. The van der Waals surface area contributed by atoms with Crippen LogP contribution in [0.25, 0.3) is 5.57 Å². The fraction of sp³-hybridized carbons (Fsp3) is 0.579. The minimum atomic E-state index is -3.84. The highest BCUT2D eigenvalue weighted by Gasteiger charge is 2.40. The van der Waals surface area contributed by atoms with Crippen LogP contribution in [0.15, 0.2) is 17.5 Å². The van der Waals surface area contributed by atoms with Crippen LogP contribution in [0.4, 0.5) is 0 Å². The summed E-state index contributed by atoms with van der Waals surface area (Å²) in [6, 6.07) is 1.99. The molecule has 1 N–H and O–H groups in total. The lowest BCUT2D eigenvalue weighted by Crippen LogP contribution is -2.53. The number of morpholine rings is 1. The number of nitrogens with zero attached hydrogens (tertiary/aromatic N) is 2. The quantitative estimate of drug-likeness (QED) is 0.650. The van der Waals surface area contributed by atoms with Gasteiger partial charge in [0.05, 0.1) is 23.0 Å². The second-order valence-corrected chi connectivity index (χ2v) is 10.6. The smallest absolute Gasteiger partial charge is 0.245 e. The number of halogens is 1. The van der Waals surface area contributed by atoms with Crippen molar-refractivity contribution in [3.05, 3.63) is 26.8 Å². The van der Waals surface area contributed by atoms with E-state index in [9.17, 15) is 18.0 Å². The summed E-state index contributed by atoms with van der Waals surface area (Å²) >= 11 is 7.19. The van der Waals surface area contributed by atoms with E-state index in [1.54, 1.807) is 24.0 Å².